The number of nitrogens with two attached hydrogens (primary N) is 1. The molecule has 0 radical (unpaired) electrons. The molecule has 1 aliphatic heterocycles. The third-order valence-corrected chi connectivity index (χ3v) is 8.81. The van der Waals surface area contributed by atoms with Gasteiger partial charge >= 0.3 is 12.3 Å². The first kappa shape index (κ1) is 26.2. The van der Waals surface area contributed by atoms with Gasteiger partial charge in [0.15, 0.2) is 5.16 Å². The van der Waals surface area contributed by atoms with Gasteiger partial charge in [0.1, 0.15) is 5.75 Å². The molecule has 1 aliphatic rings. The van der Waals surface area contributed by atoms with E-state index in [-0.39, 0.29) is 38.0 Å². The fourth-order valence-electron chi connectivity index (χ4n) is 4.37. The third-order valence-electron chi connectivity index (χ3n) is 6.11. The molecule has 2 atom stereocenters. The van der Waals surface area contributed by atoms with Crippen molar-refractivity contribution in [3.05, 3.63) is 54.1 Å². The maximum absolute atomic E-state index is 13.0. The number of halogens is 3. The van der Waals surface area contributed by atoms with Crippen LogP contribution in [-0.2, 0) is 15.9 Å². The molecule has 1 fully saturated rings. The number of carboxylic acids is 1. The normalized spacial score (nSPS) is 23.6. The summed E-state index contributed by atoms with van der Waals surface area (Å²) in [7, 11) is -3.97. The highest BCUT2D eigenvalue weighted by Gasteiger charge is 2.56. The van der Waals surface area contributed by atoms with Gasteiger partial charge in [0, 0.05) is 25.8 Å². The molecule has 0 aliphatic carbocycles. The van der Waals surface area contributed by atoms with E-state index >= 15 is 0 Å². The van der Waals surface area contributed by atoms with Crippen LogP contribution in [0.2, 0.25) is 0 Å². The maximum atomic E-state index is 13.0. The van der Waals surface area contributed by atoms with Crippen LogP contribution in [0.1, 0.15) is 24.8 Å². The minimum absolute atomic E-state index is 0.0439. The number of ether oxygens (including phenoxy) is 1. The molecule has 0 saturated carbocycles. The molecule has 0 bridgehead atoms. The van der Waals surface area contributed by atoms with Crippen LogP contribution < -0.4 is 10.5 Å². The second-order valence-electron chi connectivity index (χ2n) is 8.45. The SMILES string of the molecule is NCCCCC1(C(=O)O)CN(Cc2ccccc2-c2cccc(OC(F)(F)F)c2)CCP1(=O)O. The lowest BCUT2D eigenvalue weighted by Gasteiger charge is -2.43. The third kappa shape index (κ3) is 5.99. The van der Waals surface area contributed by atoms with E-state index in [0.29, 0.717) is 30.5 Å². The number of carbonyl (C=O) groups is 1. The second kappa shape index (κ2) is 10.5. The number of hydrogen-bond donors (Lipinski definition) is 3. The lowest BCUT2D eigenvalue weighted by atomic mass is 9.97. The summed E-state index contributed by atoms with van der Waals surface area (Å²) in [6.45, 7) is 0.754. The van der Waals surface area contributed by atoms with Crippen LogP contribution in [0.5, 0.6) is 5.75 Å². The fourth-order valence-corrected chi connectivity index (χ4v) is 6.58. The Bertz CT molecular complexity index is 1060. The van der Waals surface area contributed by atoms with Gasteiger partial charge in [-0.1, -0.05) is 42.8 Å². The number of carboxylic acid groups (broad SMARTS) is 1. The number of unbranched alkanes of at least 4 members (excludes halogenated alkanes) is 1. The van der Waals surface area contributed by atoms with Crippen LogP contribution in [0.3, 0.4) is 0 Å². The topological polar surface area (TPSA) is 113 Å². The van der Waals surface area contributed by atoms with Gasteiger partial charge in [0.2, 0.25) is 7.37 Å². The van der Waals surface area contributed by atoms with Crippen molar-refractivity contribution in [2.75, 3.05) is 25.8 Å². The number of aliphatic carboxylic acids is 1. The molecular weight excluding hydrogens is 472 g/mol. The van der Waals surface area contributed by atoms with E-state index in [0.717, 1.165) is 5.56 Å². The zero-order valence-electron chi connectivity index (χ0n) is 18.5. The van der Waals surface area contributed by atoms with Crippen LogP contribution in [0.25, 0.3) is 11.1 Å². The first-order valence-corrected chi connectivity index (χ1v) is 12.7. The summed E-state index contributed by atoms with van der Waals surface area (Å²) in [5.41, 5.74) is 7.44. The predicted octanol–water partition coefficient (Wildman–Crippen LogP) is 4.29. The van der Waals surface area contributed by atoms with Gasteiger partial charge < -0.3 is 20.5 Å². The lowest BCUT2D eigenvalue weighted by Crippen LogP contribution is -2.53. The number of hydrogen-bond acceptors (Lipinski definition) is 5. The van der Waals surface area contributed by atoms with Crippen LogP contribution in [0.15, 0.2) is 48.5 Å². The average molecular weight is 500 g/mol. The summed E-state index contributed by atoms with van der Waals surface area (Å²) in [5.74, 6) is -1.64. The highest BCUT2D eigenvalue weighted by Crippen LogP contribution is 2.59. The molecule has 186 valence electrons. The first-order chi connectivity index (χ1) is 16.0. The summed E-state index contributed by atoms with van der Waals surface area (Å²) < 4.78 is 55.0. The quantitative estimate of drug-likeness (QED) is 0.348. The number of alkyl halides is 3. The summed E-state index contributed by atoms with van der Waals surface area (Å²) >= 11 is 0. The monoisotopic (exact) mass is 500 g/mol. The Morgan fingerprint density at radius 2 is 1.91 bits per heavy atom. The molecule has 1 heterocycles. The largest absolute Gasteiger partial charge is 0.573 e. The summed E-state index contributed by atoms with van der Waals surface area (Å²) in [6, 6.07) is 12.7. The number of rotatable bonds is 9. The Morgan fingerprint density at radius 1 is 1.18 bits per heavy atom. The van der Waals surface area contributed by atoms with Gasteiger partial charge in [-0.3, -0.25) is 14.3 Å². The molecular formula is C23H28F3N2O5P. The molecule has 34 heavy (non-hydrogen) atoms. The van der Waals surface area contributed by atoms with Gasteiger partial charge in [-0.05, 0) is 48.2 Å². The molecule has 2 aromatic rings. The van der Waals surface area contributed by atoms with Crippen molar-refractivity contribution in [3.63, 3.8) is 0 Å². The Kier molecular flexibility index (Phi) is 8.08. The van der Waals surface area contributed by atoms with E-state index in [1.165, 1.54) is 18.2 Å². The second-order valence-corrected chi connectivity index (χ2v) is 11.2. The molecule has 0 spiro atoms. The van der Waals surface area contributed by atoms with Crippen LogP contribution in [0.4, 0.5) is 13.2 Å². The van der Waals surface area contributed by atoms with Crippen molar-refractivity contribution in [1.29, 1.82) is 0 Å². The maximum Gasteiger partial charge on any atom is 0.573 e. The Morgan fingerprint density at radius 3 is 2.59 bits per heavy atom. The van der Waals surface area contributed by atoms with E-state index in [9.17, 15) is 32.5 Å². The average Bonchev–Trinajstić information content (AvgIpc) is 2.75. The fraction of sp³-hybridized carbons (Fsp3) is 0.435. The van der Waals surface area contributed by atoms with E-state index in [1.807, 2.05) is 4.90 Å². The number of benzene rings is 2. The summed E-state index contributed by atoms with van der Waals surface area (Å²) in [5, 5.41) is 8.19. The van der Waals surface area contributed by atoms with Crippen LogP contribution in [-0.4, -0.2) is 58.2 Å². The number of nitrogens with zero attached hydrogens (tertiary/aromatic N) is 1. The van der Waals surface area contributed by atoms with Gasteiger partial charge in [-0.25, -0.2) is 0 Å². The van der Waals surface area contributed by atoms with Crippen molar-refractivity contribution < 1.29 is 37.3 Å². The van der Waals surface area contributed by atoms with E-state index in [4.69, 9.17) is 5.73 Å². The van der Waals surface area contributed by atoms with Crippen LogP contribution in [0, 0.1) is 0 Å². The molecule has 2 unspecified atom stereocenters. The Hall–Kier alpha value is -2.39. The molecule has 7 nitrogen and oxygen atoms in total. The molecule has 4 N–H and O–H groups in total. The molecule has 1 saturated heterocycles. The smallest absolute Gasteiger partial charge is 0.480 e. The standard InChI is InChI=1S/C23H28F3N2O5P/c24-23(25,26)33-19-8-5-7-17(14-19)20-9-2-1-6-18(20)15-28-12-13-34(31,32)22(16-28,21(29)30)10-3-4-11-27/h1-2,5-9,14H,3-4,10-13,15-16,27H2,(H,29,30)(H,31,32). The molecule has 11 heteroatoms. The predicted molar refractivity (Wildman–Crippen MR) is 122 cm³/mol. The van der Waals surface area contributed by atoms with Crippen LogP contribution >= 0.6 is 7.37 Å². The Labute approximate surface area is 195 Å². The van der Waals surface area contributed by atoms with Gasteiger partial charge in [0.25, 0.3) is 0 Å². The Balaban J connectivity index is 1.88. The molecule has 0 amide bonds. The van der Waals surface area contributed by atoms with Crippen molar-refractivity contribution >= 4 is 13.3 Å². The zero-order chi connectivity index (χ0) is 25.0. The molecule has 0 aromatic heterocycles. The van der Waals surface area contributed by atoms with E-state index < -0.39 is 24.9 Å². The van der Waals surface area contributed by atoms with Gasteiger partial charge in [-0.2, -0.15) is 0 Å². The van der Waals surface area contributed by atoms with Crippen molar-refractivity contribution in [2.24, 2.45) is 5.73 Å². The first-order valence-electron chi connectivity index (χ1n) is 10.9. The van der Waals surface area contributed by atoms with Crippen molar-refractivity contribution in [2.45, 2.75) is 37.3 Å². The lowest BCUT2D eigenvalue weighted by molar-refractivity contribution is -0.274. The summed E-state index contributed by atoms with van der Waals surface area (Å²) in [4.78, 5) is 24.7. The van der Waals surface area contributed by atoms with Crippen molar-refractivity contribution in [1.82, 2.24) is 4.90 Å². The molecule has 3 rings (SSSR count). The van der Waals surface area contributed by atoms with Crippen molar-refractivity contribution in [3.8, 4) is 16.9 Å². The highest BCUT2D eigenvalue weighted by molar-refractivity contribution is 7.61. The molecule has 2 aromatic carbocycles. The minimum atomic E-state index is -4.81. The minimum Gasteiger partial charge on any atom is -0.480 e. The zero-order valence-corrected chi connectivity index (χ0v) is 19.4. The van der Waals surface area contributed by atoms with Gasteiger partial charge in [0.05, 0.1) is 0 Å². The highest BCUT2D eigenvalue weighted by atomic mass is 31.2. The summed E-state index contributed by atoms with van der Waals surface area (Å²) in [6.07, 6.45) is -3.95. The van der Waals surface area contributed by atoms with Gasteiger partial charge in [-0.15, -0.1) is 13.2 Å². The van der Waals surface area contributed by atoms with E-state index in [2.05, 4.69) is 4.74 Å². The van der Waals surface area contributed by atoms with E-state index in [1.54, 1.807) is 30.3 Å².